The quantitative estimate of drug-likeness (QED) is 0.674. The summed E-state index contributed by atoms with van der Waals surface area (Å²) in [7, 11) is 0. The number of nitrogens with one attached hydrogen (secondary N) is 1. The predicted octanol–water partition coefficient (Wildman–Crippen LogP) is 4.16. The van der Waals surface area contributed by atoms with Gasteiger partial charge in [0.15, 0.2) is 11.5 Å². The van der Waals surface area contributed by atoms with E-state index in [4.69, 9.17) is 25.5 Å². The molecule has 0 aliphatic carbocycles. The largest absolute Gasteiger partial charge is 0.490 e. The minimum atomic E-state index is -0.223. The van der Waals surface area contributed by atoms with E-state index >= 15 is 0 Å². The van der Waals surface area contributed by atoms with E-state index in [1.54, 1.807) is 23.1 Å². The first kappa shape index (κ1) is 22.0. The predicted molar refractivity (Wildman–Crippen MR) is 114 cm³/mol. The van der Waals surface area contributed by atoms with Crippen LogP contribution in [0.1, 0.15) is 53.8 Å². The fourth-order valence-corrected chi connectivity index (χ4v) is 3.64. The number of likely N-dealkylation sites (tertiary alicyclic amines) is 1. The van der Waals surface area contributed by atoms with Crippen LogP contribution in [0.5, 0.6) is 11.5 Å². The lowest BCUT2D eigenvalue weighted by molar-refractivity contribution is 0.0697. The summed E-state index contributed by atoms with van der Waals surface area (Å²) in [6.07, 6.45) is 5.13. The van der Waals surface area contributed by atoms with Crippen molar-refractivity contribution in [3.63, 3.8) is 0 Å². The van der Waals surface area contributed by atoms with E-state index in [2.05, 4.69) is 5.32 Å². The standard InChI is InChI=1S/C22H27ClN2O5/c1-3-10-30-20-18(23)12-16(13-19(20)29-4-2)21(26)24-17-5-8-25(9-6-17)22(27)15-7-11-28-14-15/h7,11-14,17H,3-6,8-10H2,1-2H3,(H,24,26). The fraction of sp³-hybridized carbons (Fsp3) is 0.455. The molecule has 1 aromatic carbocycles. The molecule has 1 saturated heterocycles. The maximum Gasteiger partial charge on any atom is 0.257 e. The molecular formula is C22H27ClN2O5. The average molecular weight is 435 g/mol. The molecule has 1 aromatic heterocycles. The Hall–Kier alpha value is -2.67. The second-order valence-electron chi connectivity index (χ2n) is 7.12. The van der Waals surface area contributed by atoms with Crippen molar-refractivity contribution in [3.05, 3.63) is 46.9 Å². The Balaban J connectivity index is 1.61. The number of halogens is 1. The van der Waals surface area contributed by atoms with Crippen molar-refractivity contribution in [2.24, 2.45) is 0 Å². The lowest BCUT2D eigenvalue weighted by Crippen LogP contribution is -2.46. The van der Waals surface area contributed by atoms with E-state index in [1.165, 1.54) is 12.5 Å². The van der Waals surface area contributed by atoms with Gasteiger partial charge >= 0.3 is 0 Å². The van der Waals surface area contributed by atoms with Gasteiger partial charge in [0.1, 0.15) is 6.26 Å². The Morgan fingerprint density at radius 1 is 1.20 bits per heavy atom. The molecule has 0 radical (unpaired) electrons. The molecule has 1 aliphatic heterocycles. The molecule has 2 heterocycles. The maximum absolute atomic E-state index is 12.8. The number of ether oxygens (including phenoxy) is 2. The van der Waals surface area contributed by atoms with Crippen molar-refractivity contribution in [3.8, 4) is 11.5 Å². The number of nitrogens with zero attached hydrogens (tertiary/aromatic N) is 1. The normalized spacial score (nSPS) is 14.4. The van der Waals surface area contributed by atoms with Gasteiger partial charge in [0.25, 0.3) is 11.8 Å². The first-order valence-electron chi connectivity index (χ1n) is 10.2. The summed E-state index contributed by atoms with van der Waals surface area (Å²) >= 11 is 6.36. The molecule has 30 heavy (non-hydrogen) atoms. The van der Waals surface area contributed by atoms with Crippen molar-refractivity contribution in [1.82, 2.24) is 10.2 Å². The Kier molecular flexibility index (Phi) is 7.63. The van der Waals surface area contributed by atoms with Crippen molar-refractivity contribution in [2.45, 2.75) is 39.2 Å². The topological polar surface area (TPSA) is 81.0 Å². The Morgan fingerprint density at radius 3 is 2.60 bits per heavy atom. The fourth-order valence-electron chi connectivity index (χ4n) is 3.37. The third kappa shape index (κ3) is 5.27. The van der Waals surface area contributed by atoms with E-state index in [9.17, 15) is 9.59 Å². The summed E-state index contributed by atoms with van der Waals surface area (Å²) in [6.45, 7) is 5.97. The van der Waals surface area contributed by atoms with Crippen molar-refractivity contribution >= 4 is 23.4 Å². The van der Waals surface area contributed by atoms with Gasteiger partial charge in [-0.2, -0.15) is 0 Å². The van der Waals surface area contributed by atoms with Crippen LogP contribution in [0, 0.1) is 0 Å². The Labute approximate surface area is 181 Å². The summed E-state index contributed by atoms with van der Waals surface area (Å²) in [5.74, 6) is 0.649. The number of piperidine rings is 1. The lowest BCUT2D eigenvalue weighted by Gasteiger charge is -2.32. The Bertz CT molecular complexity index is 861. The lowest BCUT2D eigenvalue weighted by atomic mass is 10.0. The van der Waals surface area contributed by atoms with Gasteiger partial charge in [0.05, 0.1) is 30.1 Å². The van der Waals surface area contributed by atoms with Crippen LogP contribution in [-0.4, -0.2) is 49.1 Å². The van der Waals surface area contributed by atoms with E-state index in [1.807, 2.05) is 13.8 Å². The van der Waals surface area contributed by atoms with E-state index in [0.717, 1.165) is 6.42 Å². The summed E-state index contributed by atoms with van der Waals surface area (Å²) in [5, 5.41) is 3.39. The number of rotatable bonds is 8. The smallest absolute Gasteiger partial charge is 0.257 e. The molecule has 1 aliphatic rings. The van der Waals surface area contributed by atoms with Crippen LogP contribution in [0.25, 0.3) is 0 Å². The minimum absolute atomic E-state index is 0.0174. The van der Waals surface area contributed by atoms with Gasteiger partial charge in [0, 0.05) is 24.7 Å². The number of carbonyl (C=O) groups excluding carboxylic acids is 2. The van der Waals surface area contributed by atoms with Gasteiger partial charge in [0.2, 0.25) is 0 Å². The molecule has 0 unspecified atom stereocenters. The van der Waals surface area contributed by atoms with Gasteiger partial charge in [-0.15, -0.1) is 0 Å². The Morgan fingerprint density at radius 2 is 1.97 bits per heavy atom. The maximum atomic E-state index is 12.8. The van der Waals surface area contributed by atoms with Gasteiger partial charge in [-0.05, 0) is 44.4 Å². The van der Waals surface area contributed by atoms with Gasteiger partial charge in [-0.3, -0.25) is 9.59 Å². The van der Waals surface area contributed by atoms with Crippen LogP contribution in [0.2, 0.25) is 5.02 Å². The molecule has 3 rings (SSSR count). The summed E-state index contributed by atoms with van der Waals surface area (Å²) in [5.41, 5.74) is 0.963. The second kappa shape index (κ2) is 10.4. The molecule has 0 saturated carbocycles. The van der Waals surface area contributed by atoms with Crippen LogP contribution in [0.4, 0.5) is 0 Å². The van der Waals surface area contributed by atoms with Gasteiger partial charge < -0.3 is 24.1 Å². The average Bonchev–Trinajstić information content (AvgIpc) is 3.28. The summed E-state index contributed by atoms with van der Waals surface area (Å²) in [6, 6.07) is 4.90. The van der Waals surface area contributed by atoms with E-state index < -0.39 is 0 Å². The van der Waals surface area contributed by atoms with Crippen LogP contribution in [0.3, 0.4) is 0 Å². The van der Waals surface area contributed by atoms with Crippen molar-refractivity contribution in [2.75, 3.05) is 26.3 Å². The van der Waals surface area contributed by atoms with Crippen molar-refractivity contribution < 1.29 is 23.5 Å². The molecule has 2 amide bonds. The van der Waals surface area contributed by atoms with Crippen molar-refractivity contribution in [1.29, 1.82) is 0 Å². The van der Waals surface area contributed by atoms with Crippen LogP contribution >= 0.6 is 11.6 Å². The molecule has 1 fully saturated rings. The zero-order valence-electron chi connectivity index (χ0n) is 17.3. The molecule has 0 atom stereocenters. The SMILES string of the molecule is CCCOc1c(Cl)cc(C(=O)NC2CCN(C(=O)c3ccoc3)CC2)cc1OCC. The zero-order chi connectivity index (χ0) is 21.5. The highest BCUT2D eigenvalue weighted by Crippen LogP contribution is 2.37. The third-order valence-electron chi connectivity index (χ3n) is 4.91. The monoisotopic (exact) mass is 434 g/mol. The molecule has 8 heteroatoms. The number of benzene rings is 1. The molecular weight excluding hydrogens is 408 g/mol. The summed E-state index contributed by atoms with van der Waals surface area (Å²) in [4.78, 5) is 27.0. The van der Waals surface area contributed by atoms with E-state index in [-0.39, 0.29) is 17.9 Å². The molecule has 0 bridgehead atoms. The number of carbonyl (C=O) groups is 2. The second-order valence-corrected chi connectivity index (χ2v) is 7.53. The van der Waals surface area contributed by atoms with Gasteiger partial charge in [-0.1, -0.05) is 18.5 Å². The third-order valence-corrected chi connectivity index (χ3v) is 5.19. The highest BCUT2D eigenvalue weighted by Gasteiger charge is 2.26. The van der Waals surface area contributed by atoms with Crippen LogP contribution < -0.4 is 14.8 Å². The highest BCUT2D eigenvalue weighted by atomic mass is 35.5. The van der Waals surface area contributed by atoms with Crippen LogP contribution in [0.15, 0.2) is 35.1 Å². The first-order chi connectivity index (χ1) is 14.5. The number of furan rings is 1. The van der Waals surface area contributed by atoms with Crippen LogP contribution in [-0.2, 0) is 0 Å². The minimum Gasteiger partial charge on any atom is -0.490 e. The summed E-state index contributed by atoms with van der Waals surface area (Å²) < 4.78 is 16.3. The molecule has 0 spiro atoms. The number of amides is 2. The molecule has 1 N–H and O–H groups in total. The van der Waals surface area contributed by atoms with Gasteiger partial charge in [-0.25, -0.2) is 0 Å². The molecule has 2 aromatic rings. The zero-order valence-corrected chi connectivity index (χ0v) is 18.0. The number of hydrogen-bond donors (Lipinski definition) is 1. The highest BCUT2D eigenvalue weighted by molar-refractivity contribution is 6.32. The van der Waals surface area contributed by atoms with E-state index in [0.29, 0.717) is 66.8 Å². The molecule has 162 valence electrons. The first-order valence-corrected chi connectivity index (χ1v) is 10.6. The number of hydrogen-bond acceptors (Lipinski definition) is 5. The molecule has 7 nitrogen and oxygen atoms in total.